The number of aliphatic hydroxyl groups is 3. The number of unbranched alkanes of at least 4 members (excludes halogenated alkanes) is 1. The molecule has 4 aliphatic rings. The molecule has 0 aromatic heterocycles. The van der Waals surface area contributed by atoms with Crippen LogP contribution in [0.15, 0.2) is 11.6 Å². The van der Waals surface area contributed by atoms with E-state index in [0.29, 0.717) is 35.7 Å². The van der Waals surface area contributed by atoms with Gasteiger partial charge in [-0.05, 0) is 98.2 Å². The number of hydrogen-bond donors (Lipinski definition) is 3. The Kier molecular flexibility index (Phi) is 7.47. The van der Waals surface area contributed by atoms with Crippen LogP contribution in [-0.2, 0) is 0 Å². The molecule has 0 heterocycles. The molecular formula is C27H48O3. The van der Waals surface area contributed by atoms with Gasteiger partial charge in [-0.1, -0.05) is 52.7 Å². The summed E-state index contributed by atoms with van der Waals surface area (Å²) in [6.07, 6.45) is 14.5. The standard InChI is InChI=1S/C26H44O3.CH4/c1-17(16-27)6-4-5-7-22-24(29)15-23-20-9-8-18-14-19(28)10-12-25(18,2)21(20)11-13-26(22,23)3;/h8,17,19-24,27-29H,4-7,9-16H2,1-3H3;1H4. The van der Waals surface area contributed by atoms with E-state index < -0.39 is 0 Å². The minimum Gasteiger partial charge on any atom is -0.396 e. The molecule has 0 radical (unpaired) electrons. The van der Waals surface area contributed by atoms with Gasteiger partial charge in [0, 0.05) is 6.61 Å². The quantitative estimate of drug-likeness (QED) is 0.380. The first-order valence-corrected chi connectivity index (χ1v) is 12.5. The predicted molar refractivity (Wildman–Crippen MR) is 124 cm³/mol. The predicted octanol–water partition coefficient (Wildman–Crippen LogP) is 5.72. The molecule has 0 aromatic carbocycles. The molecule has 174 valence electrons. The smallest absolute Gasteiger partial charge is 0.0577 e. The van der Waals surface area contributed by atoms with Gasteiger partial charge >= 0.3 is 0 Å². The summed E-state index contributed by atoms with van der Waals surface area (Å²) in [5.74, 6) is 2.96. The third-order valence-electron chi connectivity index (χ3n) is 10.1. The van der Waals surface area contributed by atoms with Crippen molar-refractivity contribution in [3.8, 4) is 0 Å². The van der Waals surface area contributed by atoms with E-state index in [1.54, 1.807) is 0 Å². The Morgan fingerprint density at radius 2 is 1.87 bits per heavy atom. The molecule has 4 rings (SSSR count). The van der Waals surface area contributed by atoms with Crippen LogP contribution in [0.5, 0.6) is 0 Å². The van der Waals surface area contributed by atoms with Crippen molar-refractivity contribution in [2.24, 2.45) is 40.4 Å². The second-order valence-corrected chi connectivity index (χ2v) is 11.7. The van der Waals surface area contributed by atoms with Crippen LogP contribution in [0.3, 0.4) is 0 Å². The first-order valence-electron chi connectivity index (χ1n) is 12.5. The van der Waals surface area contributed by atoms with Crippen molar-refractivity contribution in [2.45, 2.75) is 111 Å². The highest BCUT2D eigenvalue weighted by atomic mass is 16.3. The fourth-order valence-electron chi connectivity index (χ4n) is 8.23. The van der Waals surface area contributed by atoms with Crippen LogP contribution in [0.2, 0.25) is 0 Å². The van der Waals surface area contributed by atoms with E-state index >= 15 is 0 Å². The summed E-state index contributed by atoms with van der Waals surface area (Å²) in [6, 6.07) is 0. The van der Waals surface area contributed by atoms with Crippen molar-refractivity contribution in [1.29, 1.82) is 0 Å². The summed E-state index contributed by atoms with van der Waals surface area (Å²) < 4.78 is 0. The molecule has 3 N–H and O–H groups in total. The molecule has 0 bridgehead atoms. The monoisotopic (exact) mass is 420 g/mol. The van der Waals surface area contributed by atoms with Crippen LogP contribution in [0.4, 0.5) is 0 Å². The molecule has 0 saturated heterocycles. The topological polar surface area (TPSA) is 60.7 Å². The first kappa shape index (κ1) is 24.3. The van der Waals surface area contributed by atoms with Crippen molar-refractivity contribution in [3.05, 3.63) is 11.6 Å². The van der Waals surface area contributed by atoms with E-state index in [2.05, 4.69) is 26.8 Å². The Morgan fingerprint density at radius 1 is 1.10 bits per heavy atom. The Hall–Kier alpha value is -0.380. The Bertz CT molecular complexity index is 615. The van der Waals surface area contributed by atoms with E-state index in [1.165, 1.54) is 31.3 Å². The second-order valence-electron chi connectivity index (χ2n) is 11.7. The number of fused-ring (bicyclic) bond motifs is 5. The highest BCUT2D eigenvalue weighted by Gasteiger charge is 2.60. The molecule has 0 amide bonds. The number of aliphatic hydroxyl groups excluding tert-OH is 3. The molecule has 0 aromatic rings. The maximum Gasteiger partial charge on any atom is 0.0577 e. The minimum atomic E-state index is -0.134. The lowest BCUT2D eigenvalue weighted by atomic mass is 9.47. The second kappa shape index (κ2) is 9.24. The van der Waals surface area contributed by atoms with E-state index in [-0.39, 0.29) is 25.0 Å². The summed E-state index contributed by atoms with van der Waals surface area (Å²) in [7, 11) is 0. The van der Waals surface area contributed by atoms with E-state index in [9.17, 15) is 15.3 Å². The fraction of sp³-hybridized carbons (Fsp3) is 0.926. The number of allylic oxidation sites excluding steroid dienone is 1. The minimum absolute atomic E-state index is 0. The van der Waals surface area contributed by atoms with Gasteiger partial charge in [0.05, 0.1) is 12.2 Å². The van der Waals surface area contributed by atoms with Crippen LogP contribution >= 0.6 is 0 Å². The van der Waals surface area contributed by atoms with E-state index in [0.717, 1.165) is 50.9 Å². The van der Waals surface area contributed by atoms with Crippen molar-refractivity contribution in [1.82, 2.24) is 0 Å². The van der Waals surface area contributed by atoms with Crippen molar-refractivity contribution in [2.75, 3.05) is 6.61 Å². The summed E-state index contributed by atoms with van der Waals surface area (Å²) in [5.41, 5.74) is 2.11. The zero-order valence-corrected chi connectivity index (χ0v) is 18.9. The fourth-order valence-corrected chi connectivity index (χ4v) is 8.23. The first-order chi connectivity index (χ1) is 13.8. The molecule has 3 fully saturated rings. The maximum absolute atomic E-state index is 11.1. The Morgan fingerprint density at radius 3 is 2.60 bits per heavy atom. The van der Waals surface area contributed by atoms with Gasteiger partial charge in [-0.2, -0.15) is 0 Å². The Labute approximate surface area is 185 Å². The summed E-state index contributed by atoms with van der Waals surface area (Å²) >= 11 is 0. The molecule has 0 aliphatic heterocycles. The summed E-state index contributed by atoms with van der Waals surface area (Å²) in [5, 5.41) is 30.5. The lowest BCUT2D eigenvalue weighted by Crippen LogP contribution is -2.50. The van der Waals surface area contributed by atoms with E-state index in [1.807, 2.05) is 0 Å². The van der Waals surface area contributed by atoms with Gasteiger partial charge in [-0.25, -0.2) is 0 Å². The van der Waals surface area contributed by atoms with Crippen molar-refractivity contribution in [3.63, 3.8) is 0 Å². The van der Waals surface area contributed by atoms with Crippen LogP contribution in [0, 0.1) is 40.4 Å². The molecule has 3 heteroatoms. The Balaban J connectivity index is 0.00000256. The van der Waals surface area contributed by atoms with Crippen LogP contribution < -0.4 is 0 Å². The average Bonchev–Trinajstić information content (AvgIpc) is 2.95. The molecule has 30 heavy (non-hydrogen) atoms. The molecule has 9 atom stereocenters. The lowest BCUT2D eigenvalue weighted by Gasteiger charge is -2.58. The molecule has 3 saturated carbocycles. The van der Waals surface area contributed by atoms with Gasteiger partial charge < -0.3 is 15.3 Å². The van der Waals surface area contributed by atoms with Gasteiger partial charge in [-0.15, -0.1) is 0 Å². The SMILES string of the molecule is C.CC(CO)CCCCC1C(O)CC2C3CC=C4CC(O)CCC4(C)C3CCC12C. The number of rotatable bonds is 6. The highest BCUT2D eigenvalue weighted by Crippen LogP contribution is 2.66. The van der Waals surface area contributed by atoms with Crippen LogP contribution in [0.25, 0.3) is 0 Å². The molecule has 9 unspecified atom stereocenters. The summed E-state index contributed by atoms with van der Waals surface area (Å²) in [4.78, 5) is 0. The summed E-state index contributed by atoms with van der Waals surface area (Å²) in [6.45, 7) is 7.39. The zero-order chi connectivity index (χ0) is 20.8. The van der Waals surface area contributed by atoms with Gasteiger partial charge in [0.1, 0.15) is 0 Å². The lowest BCUT2D eigenvalue weighted by molar-refractivity contribution is -0.0533. The average molecular weight is 421 g/mol. The zero-order valence-electron chi connectivity index (χ0n) is 18.9. The third kappa shape index (κ3) is 4.04. The third-order valence-corrected chi connectivity index (χ3v) is 10.1. The maximum atomic E-state index is 11.1. The molecule has 0 spiro atoms. The van der Waals surface area contributed by atoms with Gasteiger partial charge in [-0.3, -0.25) is 0 Å². The molecule has 4 aliphatic carbocycles. The molecular weight excluding hydrogens is 372 g/mol. The van der Waals surface area contributed by atoms with Crippen LogP contribution in [0.1, 0.15) is 98.8 Å². The van der Waals surface area contributed by atoms with Crippen LogP contribution in [-0.4, -0.2) is 34.1 Å². The van der Waals surface area contributed by atoms with Crippen molar-refractivity contribution < 1.29 is 15.3 Å². The highest BCUT2D eigenvalue weighted by molar-refractivity contribution is 5.25. The van der Waals surface area contributed by atoms with Crippen molar-refractivity contribution >= 4 is 0 Å². The van der Waals surface area contributed by atoms with Gasteiger partial charge in [0.15, 0.2) is 0 Å². The van der Waals surface area contributed by atoms with Gasteiger partial charge in [0.2, 0.25) is 0 Å². The van der Waals surface area contributed by atoms with Gasteiger partial charge in [0.25, 0.3) is 0 Å². The number of hydrogen-bond acceptors (Lipinski definition) is 3. The molecule has 3 nitrogen and oxygen atoms in total. The normalized spacial score (nSPS) is 46.1. The largest absolute Gasteiger partial charge is 0.396 e. The van der Waals surface area contributed by atoms with E-state index in [4.69, 9.17) is 0 Å².